The van der Waals surface area contributed by atoms with Gasteiger partial charge in [-0.3, -0.25) is 15.0 Å². The normalized spacial score (nSPS) is 13.1. The van der Waals surface area contributed by atoms with E-state index in [0.29, 0.717) is 18.0 Å². The highest BCUT2D eigenvalue weighted by Gasteiger charge is 2.34. The molecule has 0 spiro atoms. The van der Waals surface area contributed by atoms with Crippen molar-refractivity contribution >= 4 is 29.1 Å². The van der Waals surface area contributed by atoms with Gasteiger partial charge in [0.15, 0.2) is 5.69 Å². The Bertz CT molecular complexity index is 1100. The number of nitrogens with zero attached hydrogens (tertiary/aromatic N) is 3. The van der Waals surface area contributed by atoms with Crippen LogP contribution in [0.1, 0.15) is 81.5 Å². The van der Waals surface area contributed by atoms with Gasteiger partial charge >= 0.3 is 12.1 Å². The molecule has 2 unspecified atom stereocenters. The lowest BCUT2D eigenvalue weighted by molar-refractivity contribution is -0.384. The zero-order valence-electron chi connectivity index (χ0n) is 23.8. The number of hydroxylamine groups is 2. The quantitative estimate of drug-likeness (QED) is 0.124. The third-order valence-electron chi connectivity index (χ3n) is 5.48. The molecular weight excluding hydrogens is 542 g/mol. The number of rotatable bonds is 15. The Morgan fingerprint density at radius 1 is 1.18 bits per heavy atom. The summed E-state index contributed by atoms with van der Waals surface area (Å²) in [7, 11) is 0. The number of benzene rings is 1. The van der Waals surface area contributed by atoms with E-state index in [1.165, 1.54) is 17.5 Å². The van der Waals surface area contributed by atoms with Gasteiger partial charge < -0.3 is 19.3 Å². The van der Waals surface area contributed by atoms with Crippen LogP contribution in [0.15, 0.2) is 29.6 Å². The minimum Gasteiger partial charge on any atom is -0.461 e. The fraction of sp³-hybridized carbons (Fsp3) is 0.593. The van der Waals surface area contributed by atoms with Crippen LogP contribution in [-0.4, -0.2) is 63.6 Å². The molecule has 0 saturated carbocycles. The van der Waals surface area contributed by atoms with Gasteiger partial charge in [0.1, 0.15) is 16.7 Å². The number of thiazole rings is 1. The van der Waals surface area contributed by atoms with Gasteiger partial charge in [-0.2, -0.15) is 5.06 Å². The molecule has 0 aliphatic heterocycles. The fourth-order valence-corrected chi connectivity index (χ4v) is 4.31. The standard InChI is InChI=1S/C27H39N3O9S/c1-7-37-25(32)21-17-40-24(28-21)23(31)15-22(18(2)3)29(26(33)39-27(4,5)6)38-14-8-13-36-16-19-9-11-20(12-10-19)30(34)35/h9-12,17-18,22-23,31H,7-8,13-16H2,1-6H3. The number of nitro benzene ring substituents is 1. The Balaban J connectivity index is 2.01. The Morgan fingerprint density at radius 2 is 1.85 bits per heavy atom. The number of esters is 1. The third kappa shape index (κ3) is 10.8. The van der Waals surface area contributed by atoms with Crippen LogP contribution in [0.3, 0.4) is 0 Å². The summed E-state index contributed by atoms with van der Waals surface area (Å²) in [5.41, 5.74) is 0.162. The summed E-state index contributed by atoms with van der Waals surface area (Å²) in [6, 6.07) is 5.54. The molecule has 0 saturated heterocycles. The number of hydrogen-bond donors (Lipinski definition) is 1. The first kappa shape index (κ1) is 33.1. The van der Waals surface area contributed by atoms with Crippen LogP contribution < -0.4 is 0 Å². The Kier molecular flexibility index (Phi) is 12.9. The largest absolute Gasteiger partial charge is 0.461 e. The molecule has 1 heterocycles. The maximum absolute atomic E-state index is 13.1. The molecule has 0 bridgehead atoms. The maximum atomic E-state index is 13.1. The fourth-order valence-electron chi connectivity index (χ4n) is 3.53. The van der Waals surface area contributed by atoms with E-state index in [0.717, 1.165) is 22.0 Å². The predicted octanol–water partition coefficient (Wildman–Crippen LogP) is 5.45. The van der Waals surface area contributed by atoms with E-state index in [1.54, 1.807) is 39.8 Å². The Morgan fingerprint density at radius 3 is 2.42 bits per heavy atom. The Hall–Kier alpha value is -3.13. The lowest BCUT2D eigenvalue weighted by Crippen LogP contribution is -2.46. The first-order valence-corrected chi connectivity index (χ1v) is 14.0. The summed E-state index contributed by atoms with van der Waals surface area (Å²) in [6.45, 7) is 11.7. The number of aliphatic hydroxyl groups excluding tert-OH is 1. The summed E-state index contributed by atoms with van der Waals surface area (Å²) in [5, 5.41) is 24.7. The lowest BCUT2D eigenvalue weighted by atomic mass is 9.98. The van der Waals surface area contributed by atoms with Gasteiger partial charge in [0, 0.05) is 30.5 Å². The number of carbonyl (C=O) groups excluding carboxylic acids is 2. The van der Waals surface area contributed by atoms with Gasteiger partial charge in [-0.1, -0.05) is 13.8 Å². The number of non-ortho nitro benzene ring substituents is 1. The molecule has 0 aliphatic carbocycles. The van der Waals surface area contributed by atoms with Crippen molar-refractivity contribution in [3.8, 4) is 0 Å². The predicted molar refractivity (Wildman–Crippen MR) is 148 cm³/mol. The highest BCUT2D eigenvalue weighted by molar-refractivity contribution is 7.09. The number of aliphatic hydroxyl groups is 1. The smallest absolute Gasteiger partial charge is 0.434 e. The van der Waals surface area contributed by atoms with Crippen molar-refractivity contribution in [1.82, 2.24) is 10.0 Å². The topological polar surface area (TPSA) is 151 Å². The van der Waals surface area contributed by atoms with E-state index in [1.807, 2.05) is 13.8 Å². The third-order valence-corrected chi connectivity index (χ3v) is 6.43. The molecule has 222 valence electrons. The van der Waals surface area contributed by atoms with Crippen molar-refractivity contribution in [3.63, 3.8) is 0 Å². The molecule has 1 aromatic carbocycles. The van der Waals surface area contributed by atoms with E-state index in [4.69, 9.17) is 19.0 Å². The lowest BCUT2D eigenvalue weighted by Gasteiger charge is -2.35. The monoisotopic (exact) mass is 581 g/mol. The van der Waals surface area contributed by atoms with Crippen LogP contribution in [0, 0.1) is 16.0 Å². The van der Waals surface area contributed by atoms with Crippen LogP contribution in [0.4, 0.5) is 10.5 Å². The number of carbonyl (C=O) groups is 2. The number of ether oxygens (including phenoxy) is 3. The van der Waals surface area contributed by atoms with Crippen molar-refractivity contribution in [2.75, 3.05) is 19.8 Å². The van der Waals surface area contributed by atoms with Crippen LogP contribution >= 0.6 is 11.3 Å². The van der Waals surface area contributed by atoms with Crippen LogP contribution in [0.2, 0.25) is 0 Å². The van der Waals surface area contributed by atoms with Crippen LogP contribution in [-0.2, 0) is 25.7 Å². The highest BCUT2D eigenvalue weighted by Crippen LogP contribution is 2.29. The van der Waals surface area contributed by atoms with Gasteiger partial charge in [-0.15, -0.1) is 11.3 Å². The molecule has 40 heavy (non-hydrogen) atoms. The minimum absolute atomic E-state index is 0.0125. The number of hydrogen-bond acceptors (Lipinski definition) is 11. The molecule has 0 aliphatic rings. The molecule has 12 nitrogen and oxygen atoms in total. The summed E-state index contributed by atoms with van der Waals surface area (Å²) < 4.78 is 16.2. The maximum Gasteiger partial charge on any atom is 0.434 e. The molecule has 13 heteroatoms. The van der Waals surface area contributed by atoms with Crippen molar-refractivity contribution in [2.45, 2.75) is 78.7 Å². The zero-order valence-corrected chi connectivity index (χ0v) is 24.6. The molecule has 2 atom stereocenters. The molecule has 1 amide bonds. The van der Waals surface area contributed by atoms with Crippen molar-refractivity contribution in [3.05, 3.63) is 56.0 Å². The van der Waals surface area contributed by atoms with Crippen molar-refractivity contribution < 1.29 is 38.7 Å². The first-order valence-electron chi connectivity index (χ1n) is 13.1. The summed E-state index contributed by atoms with van der Waals surface area (Å²) >= 11 is 1.14. The van der Waals surface area contributed by atoms with Gasteiger partial charge in [0.25, 0.3) is 5.69 Å². The zero-order chi connectivity index (χ0) is 29.9. The number of aromatic nitrogens is 1. The molecule has 0 radical (unpaired) electrons. The van der Waals surface area contributed by atoms with Gasteiger partial charge in [0.2, 0.25) is 0 Å². The minimum atomic E-state index is -1.06. The number of amides is 1. The molecule has 1 N–H and O–H groups in total. The van der Waals surface area contributed by atoms with Gasteiger partial charge in [-0.05, 0) is 57.7 Å². The average Bonchev–Trinajstić information content (AvgIpc) is 3.37. The van der Waals surface area contributed by atoms with E-state index in [9.17, 15) is 24.8 Å². The van der Waals surface area contributed by atoms with Crippen LogP contribution in [0.25, 0.3) is 0 Å². The average molecular weight is 582 g/mol. The Labute approximate surface area is 238 Å². The second-order valence-corrected chi connectivity index (χ2v) is 11.2. The van der Waals surface area contributed by atoms with E-state index in [2.05, 4.69) is 4.98 Å². The van der Waals surface area contributed by atoms with Crippen molar-refractivity contribution in [2.24, 2.45) is 5.92 Å². The first-order chi connectivity index (χ1) is 18.8. The van der Waals surface area contributed by atoms with E-state index in [-0.39, 0.29) is 43.5 Å². The summed E-state index contributed by atoms with van der Waals surface area (Å²) in [5.74, 6) is -0.683. The second kappa shape index (κ2) is 15.6. The molecule has 0 fully saturated rings. The number of nitro groups is 1. The summed E-state index contributed by atoms with van der Waals surface area (Å²) in [6.07, 6.45) is -1.19. The molecule has 2 rings (SSSR count). The SMILES string of the molecule is CCOC(=O)c1csc(C(O)CC(C(C)C)N(OCCCOCc2ccc([N+](=O)[O-])cc2)C(=O)OC(C)(C)C)n1. The van der Waals surface area contributed by atoms with Crippen molar-refractivity contribution in [1.29, 1.82) is 0 Å². The van der Waals surface area contributed by atoms with E-state index >= 15 is 0 Å². The molecule has 1 aromatic heterocycles. The van der Waals surface area contributed by atoms with Crippen LogP contribution in [0.5, 0.6) is 0 Å². The molecule has 2 aromatic rings. The van der Waals surface area contributed by atoms with Gasteiger partial charge in [-0.25, -0.2) is 14.6 Å². The van der Waals surface area contributed by atoms with Gasteiger partial charge in [0.05, 0.1) is 30.8 Å². The second-order valence-electron chi connectivity index (χ2n) is 10.3. The van der Waals surface area contributed by atoms with E-state index < -0.39 is 34.7 Å². The molecular formula is C27H39N3O9S. The summed E-state index contributed by atoms with van der Waals surface area (Å²) in [4.78, 5) is 45.5. The highest BCUT2D eigenvalue weighted by atomic mass is 32.1.